The standard InChI is InChI=1S/C22H27N3O4/c26-20-14-19(28-16-21(20)29-17-22(27)25-8-4-5-9-25)15-23-10-12-24(13-11-23)18-6-2-1-3-7-18/h1-3,6-7,14,16H,4-5,8-13,15,17H2. The highest BCUT2D eigenvalue weighted by molar-refractivity contribution is 5.78. The van der Waals surface area contributed by atoms with E-state index in [0.29, 0.717) is 12.3 Å². The fourth-order valence-electron chi connectivity index (χ4n) is 3.85. The molecule has 0 N–H and O–H groups in total. The monoisotopic (exact) mass is 397 g/mol. The van der Waals surface area contributed by atoms with Crippen molar-refractivity contribution in [2.24, 2.45) is 0 Å². The summed E-state index contributed by atoms with van der Waals surface area (Å²) in [7, 11) is 0. The average molecular weight is 397 g/mol. The average Bonchev–Trinajstić information content (AvgIpc) is 3.29. The largest absolute Gasteiger partial charge is 0.477 e. The molecule has 2 aliphatic heterocycles. The molecule has 0 atom stereocenters. The van der Waals surface area contributed by atoms with E-state index in [1.54, 1.807) is 4.90 Å². The molecule has 1 aromatic carbocycles. The molecule has 0 spiro atoms. The van der Waals surface area contributed by atoms with Gasteiger partial charge < -0.3 is 19.0 Å². The van der Waals surface area contributed by atoms with Crippen LogP contribution in [0.25, 0.3) is 0 Å². The zero-order valence-corrected chi connectivity index (χ0v) is 16.6. The van der Waals surface area contributed by atoms with E-state index in [1.165, 1.54) is 18.0 Å². The number of likely N-dealkylation sites (tertiary alicyclic amines) is 1. The molecule has 154 valence electrons. The van der Waals surface area contributed by atoms with Crippen LogP contribution in [0.1, 0.15) is 18.6 Å². The Bertz CT molecular complexity index is 869. The van der Waals surface area contributed by atoms with E-state index in [4.69, 9.17) is 9.15 Å². The minimum absolute atomic E-state index is 0.0812. The highest BCUT2D eigenvalue weighted by atomic mass is 16.5. The number of carbonyl (C=O) groups excluding carboxylic acids is 1. The van der Waals surface area contributed by atoms with Gasteiger partial charge in [0.15, 0.2) is 6.61 Å². The van der Waals surface area contributed by atoms with Crippen molar-refractivity contribution < 1.29 is 13.9 Å². The maximum Gasteiger partial charge on any atom is 0.260 e. The highest BCUT2D eigenvalue weighted by Crippen LogP contribution is 2.17. The Labute approximate surface area is 170 Å². The van der Waals surface area contributed by atoms with Gasteiger partial charge >= 0.3 is 0 Å². The van der Waals surface area contributed by atoms with Gasteiger partial charge in [-0.25, -0.2) is 0 Å². The number of amides is 1. The van der Waals surface area contributed by atoms with Gasteiger partial charge in [-0.2, -0.15) is 0 Å². The molecule has 0 bridgehead atoms. The highest BCUT2D eigenvalue weighted by Gasteiger charge is 2.20. The van der Waals surface area contributed by atoms with Gasteiger partial charge in [-0.05, 0) is 25.0 Å². The van der Waals surface area contributed by atoms with Gasteiger partial charge in [0.2, 0.25) is 11.2 Å². The minimum atomic E-state index is -0.247. The number of carbonyl (C=O) groups is 1. The Balaban J connectivity index is 1.27. The van der Waals surface area contributed by atoms with Gasteiger partial charge in [0, 0.05) is 51.0 Å². The summed E-state index contributed by atoms with van der Waals surface area (Å²) in [6, 6.07) is 11.9. The number of para-hydroxylation sites is 1. The molecule has 7 heteroatoms. The summed E-state index contributed by atoms with van der Waals surface area (Å²) in [6.07, 6.45) is 3.39. The van der Waals surface area contributed by atoms with E-state index >= 15 is 0 Å². The summed E-state index contributed by atoms with van der Waals surface area (Å²) < 4.78 is 11.0. The molecule has 0 unspecified atom stereocenters. The predicted molar refractivity (Wildman–Crippen MR) is 110 cm³/mol. The van der Waals surface area contributed by atoms with Crippen molar-refractivity contribution >= 4 is 11.6 Å². The number of benzene rings is 1. The molecule has 3 heterocycles. The Hall–Kier alpha value is -2.80. The topological polar surface area (TPSA) is 66.2 Å². The number of hydrogen-bond acceptors (Lipinski definition) is 6. The van der Waals surface area contributed by atoms with Crippen LogP contribution in [0.5, 0.6) is 5.75 Å². The zero-order valence-electron chi connectivity index (χ0n) is 16.6. The van der Waals surface area contributed by atoms with Crippen LogP contribution in [0.2, 0.25) is 0 Å². The molecule has 2 aromatic rings. The van der Waals surface area contributed by atoms with Crippen molar-refractivity contribution in [3.05, 3.63) is 58.6 Å². The Morgan fingerprint density at radius 2 is 1.72 bits per heavy atom. The molecule has 2 aliphatic rings. The fourth-order valence-corrected chi connectivity index (χ4v) is 3.85. The van der Waals surface area contributed by atoms with Gasteiger partial charge in [-0.15, -0.1) is 0 Å². The quantitative estimate of drug-likeness (QED) is 0.743. The molecule has 1 aromatic heterocycles. The third-order valence-corrected chi connectivity index (χ3v) is 5.54. The number of ether oxygens (including phenoxy) is 1. The third kappa shape index (κ3) is 4.98. The van der Waals surface area contributed by atoms with Crippen LogP contribution in [0, 0.1) is 0 Å². The molecule has 4 rings (SSSR count). The second kappa shape index (κ2) is 9.13. The first kappa shape index (κ1) is 19.5. The lowest BCUT2D eigenvalue weighted by Crippen LogP contribution is -2.46. The lowest BCUT2D eigenvalue weighted by atomic mass is 10.2. The lowest BCUT2D eigenvalue weighted by Gasteiger charge is -2.35. The van der Waals surface area contributed by atoms with Crippen LogP contribution in [0.15, 0.2) is 51.9 Å². The second-order valence-electron chi connectivity index (χ2n) is 7.55. The maximum atomic E-state index is 12.3. The van der Waals surface area contributed by atoms with E-state index in [-0.39, 0.29) is 23.7 Å². The molecule has 0 saturated carbocycles. The van der Waals surface area contributed by atoms with Crippen LogP contribution in [0.3, 0.4) is 0 Å². The van der Waals surface area contributed by atoms with Gasteiger partial charge in [-0.3, -0.25) is 14.5 Å². The van der Waals surface area contributed by atoms with Crippen LogP contribution in [0.4, 0.5) is 5.69 Å². The van der Waals surface area contributed by atoms with Crippen molar-refractivity contribution in [1.29, 1.82) is 0 Å². The smallest absolute Gasteiger partial charge is 0.260 e. The molecule has 0 radical (unpaired) electrons. The Morgan fingerprint density at radius 3 is 2.41 bits per heavy atom. The van der Waals surface area contributed by atoms with Crippen LogP contribution >= 0.6 is 0 Å². The van der Waals surface area contributed by atoms with Crippen molar-refractivity contribution in [2.45, 2.75) is 19.4 Å². The fraction of sp³-hybridized carbons (Fsp3) is 0.455. The summed E-state index contributed by atoms with van der Waals surface area (Å²) in [5.41, 5.74) is 0.993. The van der Waals surface area contributed by atoms with Crippen LogP contribution in [-0.2, 0) is 11.3 Å². The first-order valence-electron chi connectivity index (χ1n) is 10.2. The van der Waals surface area contributed by atoms with Crippen LogP contribution < -0.4 is 15.1 Å². The van der Waals surface area contributed by atoms with E-state index in [2.05, 4.69) is 34.1 Å². The Kier molecular flexibility index (Phi) is 6.14. The number of anilines is 1. The van der Waals surface area contributed by atoms with Gasteiger partial charge in [0.1, 0.15) is 12.0 Å². The lowest BCUT2D eigenvalue weighted by molar-refractivity contribution is -0.132. The molecular formula is C22H27N3O4. The van der Waals surface area contributed by atoms with E-state index in [9.17, 15) is 9.59 Å². The SMILES string of the molecule is O=C(COc1coc(CN2CCN(c3ccccc3)CC2)cc1=O)N1CCCC1. The molecule has 2 saturated heterocycles. The first-order valence-corrected chi connectivity index (χ1v) is 10.2. The number of rotatable bonds is 6. The number of nitrogens with zero attached hydrogens (tertiary/aromatic N) is 3. The normalized spacial score (nSPS) is 17.5. The van der Waals surface area contributed by atoms with E-state index < -0.39 is 0 Å². The third-order valence-electron chi connectivity index (χ3n) is 5.54. The van der Waals surface area contributed by atoms with Crippen molar-refractivity contribution in [1.82, 2.24) is 9.80 Å². The van der Waals surface area contributed by atoms with Gasteiger partial charge in [-0.1, -0.05) is 18.2 Å². The summed E-state index contributed by atoms with van der Waals surface area (Å²) in [5.74, 6) is 0.624. The summed E-state index contributed by atoms with van der Waals surface area (Å²) in [5, 5.41) is 0. The van der Waals surface area contributed by atoms with E-state index in [1.807, 2.05) is 6.07 Å². The summed E-state index contributed by atoms with van der Waals surface area (Å²) in [6.45, 7) is 5.70. The second-order valence-corrected chi connectivity index (χ2v) is 7.55. The molecule has 29 heavy (non-hydrogen) atoms. The van der Waals surface area contributed by atoms with Crippen LogP contribution in [-0.4, -0.2) is 61.6 Å². The van der Waals surface area contributed by atoms with Crippen molar-refractivity contribution in [2.75, 3.05) is 50.8 Å². The minimum Gasteiger partial charge on any atom is -0.477 e. The van der Waals surface area contributed by atoms with Crippen molar-refractivity contribution in [3.63, 3.8) is 0 Å². The molecular weight excluding hydrogens is 370 g/mol. The van der Waals surface area contributed by atoms with Crippen molar-refractivity contribution in [3.8, 4) is 5.75 Å². The summed E-state index contributed by atoms with van der Waals surface area (Å²) >= 11 is 0. The zero-order chi connectivity index (χ0) is 20.1. The molecule has 7 nitrogen and oxygen atoms in total. The molecule has 1 amide bonds. The van der Waals surface area contributed by atoms with Gasteiger partial charge in [0.25, 0.3) is 5.91 Å². The summed E-state index contributed by atoms with van der Waals surface area (Å²) in [4.78, 5) is 30.8. The van der Waals surface area contributed by atoms with E-state index in [0.717, 1.165) is 52.1 Å². The number of hydrogen-bond donors (Lipinski definition) is 0. The van der Waals surface area contributed by atoms with Gasteiger partial charge in [0.05, 0.1) is 6.54 Å². The Morgan fingerprint density at radius 1 is 1.00 bits per heavy atom. The molecule has 2 fully saturated rings. The maximum absolute atomic E-state index is 12.3. The first-order chi connectivity index (χ1) is 14.2. The molecule has 0 aliphatic carbocycles. The number of piperazine rings is 1. The predicted octanol–water partition coefficient (Wildman–Crippen LogP) is 1.96.